The van der Waals surface area contributed by atoms with Gasteiger partial charge in [0, 0.05) is 30.8 Å². The zero-order chi connectivity index (χ0) is 25.9. The fourth-order valence-electron chi connectivity index (χ4n) is 4.10. The van der Waals surface area contributed by atoms with Crippen molar-refractivity contribution >= 4 is 21.4 Å². The SMILES string of the molecule is COc1ncnc(OC)c1-n1c(CS(=O)(=O)[C@@H](C)[C@H](C)c2ncc(Cl)cn2)nnc1[C@@H]1CCCOC1. The van der Waals surface area contributed by atoms with Gasteiger partial charge in [-0.05, 0) is 19.8 Å². The molecule has 4 rings (SSSR count). The highest BCUT2D eigenvalue weighted by atomic mass is 35.5. The highest BCUT2D eigenvalue weighted by molar-refractivity contribution is 7.91. The van der Waals surface area contributed by atoms with Crippen LogP contribution in [0.3, 0.4) is 0 Å². The molecule has 1 saturated heterocycles. The average molecular weight is 538 g/mol. The molecule has 3 aromatic rings. The van der Waals surface area contributed by atoms with Gasteiger partial charge in [0.25, 0.3) is 0 Å². The predicted octanol–water partition coefficient (Wildman–Crippen LogP) is 2.52. The van der Waals surface area contributed by atoms with E-state index >= 15 is 0 Å². The number of nitrogens with zero attached hydrogens (tertiary/aromatic N) is 7. The number of ether oxygens (including phenoxy) is 3. The summed E-state index contributed by atoms with van der Waals surface area (Å²) in [5.41, 5.74) is 0.333. The number of hydrogen-bond donors (Lipinski definition) is 0. The lowest BCUT2D eigenvalue weighted by atomic mass is 10.0. The van der Waals surface area contributed by atoms with Gasteiger partial charge in [0.05, 0.1) is 31.1 Å². The van der Waals surface area contributed by atoms with Crippen molar-refractivity contribution in [3.63, 3.8) is 0 Å². The number of halogens is 1. The Morgan fingerprint density at radius 3 is 2.36 bits per heavy atom. The molecule has 1 aliphatic rings. The van der Waals surface area contributed by atoms with Gasteiger partial charge in [-0.3, -0.25) is 4.57 Å². The second kappa shape index (κ2) is 11.0. The van der Waals surface area contributed by atoms with Crippen molar-refractivity contribution in [2.75, 3.05) is 27.4 Å². The summed E-state index contributed by atoms with van der Waals surface area (Å²) < 4.78 is 45.4. The van der Waals surface area contributed by atoms with E-state index in [1.54, 1.807) is 18.4 Å². The summed E-state index contributed by atoms with van der Waals surface area (Å²) in [6.07, 6.45) is 5.86. The lowest BCUT2D eigenvalue weighted by Crippen LogP contribution is -2.28. The molecule has 14 heteroatoms. The minimum atomic E-state index is -3.75. The van der Waals surface area contributed by atoms with Crippen LogP contribution in [0, 0.1) is 0 Å². The van der Waals surface area contributed by atoms with Crippen LogP contribution in [-0.4, -0.2) is 75.8 Å². The third-order valence-corrected chi connectivity index (χ3v) is 8.69. The van der Waals surface area contributed by atoms with Gasteiger partial charge in [-0.25, -0.2) is 18.4 Å². The summed E-state index contributed by atoms with van der Waals surface area (Å²) in [4.78, 5) is 16.8. The van der Waals surface area contributed by atoms with Crippen LogP contribution in [0.25, 0.3) is 5.69 Å². The molecule has 0 N–H and O–H groups in total. The lowest BCUT2D eigenvalue weighted by molar-refractivity contribution is 0.0775. The number of hydrogen-bond acceptors (Lipinski definition) is 11. The monoisotopic (exact) mass is 537 g/mol. The van der Waals surface area contributed by atoms with E-state index in [0.29, 0.717) is 35.6 Å². The molecule has 0 unspecified atom stereocenters. The minimum absolute atomic E-state index is 0.101. The Morgan fingerprint density at radius 1 is 1.11 bits per heavy atom. The first-order chi connectivity index (χ1) is 17.3. The van der Waals surface area contributed by atoms with Gasteiger partial charge < -0.3 is 14.2 Å². The van der Waals surface area contributed by atoms with Gasteiger partial charge in [0.15, 0.2) is 21.3 Å². The van der Waals surface area contributed by atoms with E-state index in [2.05, 4.69) is 30.1 Å². The molecular formula is C22H28ClN7O5S. The van der Waals surface area contributed by atoms with Gasteiger partial charge in [-0.2, -0.15) is 9.97 Å². The molecule has 0 saturated carbocycles. The average Bonchev–Trinajstić information content (AvgIpc) is 3.30. The molecule has 1 aliphatic heterocycles. The van der Waals surface area contributed by atoms with E-state index in [1.165, 1.54) is 32.9 Å². The van der Waals surface area contributed by atoms with Crippen LogP contribution in [0.2, 0.25) is 5.02 Å². The number of sulfone groups is 1. The van der Waals surface area contributed by atoms with E-state index in [9.17, 15) is 8.42 Å². The third kappa shape index (κ3) is 5.27. The van der Waals surface area contributed by atoms with Crippen molar-refractivity contribution in [2.24, 2.45) is 0 Å². The normalized spacial score (nSPS) is 18.0. The molecule has 3 aromatic heterocycles. The highest BCUT2D eigenvalue weighted by Crippen LogP contribution is 2.35. The molecule has 0 radical (unpaired) electrons. The Bertz CT molecular complexity index is 1270. The maximum atomic E-state index is 13.6. The van der Waals surface area contributed by atoms with Crippen LogP contribution in [-0.2, 0) is 20.3 Å². The Hall–Kier alpha value is -2.90. The molecule has 36 heavy (non-hydrogen) atoms. The molecule has 0 aromatic carbocycles. The Balaban J connectivity index is 1.77. The summed E-state index contributed by atoms with van der Waals surface area (Å²) in [6, 6.07) is 0. The first kappa shape index (κ1) is 26.2. The lowest BCUT2D eigenvalue weighted by Gasteiger charge is -2.24. The summed E-state index contributed by atoms with van der Waals surface area (Å²) >= 11 is 5.88. The van der Waals surface area contributed by atoms with Crippen LogP contribution in [0.5, 0.6) is 11.8 Å². The molecule has 0 bridgehead atoms. The van der Waals surface area contributed by atoms with E-state index in [1.807, 2.05) is 0 Å². The van der Waals surface area contributed by atoms with Crippen molar-refractivity contribution < 1.29 is 22.6 Å². The molecule has 1 fully saturated rings. The first-order valence-electron chi connectivity index (χ1n) is 11.4. The van der Waals surface area contributed by atoms with Crippen molar-refractivity contribution in [2.45, 2.75) is 49.5 Å². The summed E-state index contributed by atoms with van der Waals surface area (Å²) in [5.74, 6) is 0.537. The molecule has 0 amide bonds. The molecule has 4 heterocycles. The van der Waals surface area contributed by atoms with Gasteiger partial charge in [0.2, 0.25) is 11.8 Å². The van der Waals surface area contributed by atoms with Crippen molar-refractivity contribution in [1.29, 1.82) is 0 Å². The Labute approximate surface area is 214 Å². The first-order valence-corrected chi connectivity index (χ1v) is 13.5. The van der Waals surface area contributed by atoms with Crippen molar-refractivity contribution in [1.82, 2.24) is 34.7 Å². The quantitative estimate of drug-likeness (QED) is 0.397. The van der Waals surface area contributed by atoms with Gasteiger partial charge in [-0.15, -0.1) is 10.2 Å². The minimum Gasteiger partial charge on any atom is -0.479 e. The van der Waals surface area contributed by atoms with Crippen molar-refractivity contribution in [3.8, 4) is 17.4 Å². The molecule has 194 valence electrons. The second-order valence-electron chi connectivity index (χ2n) is 8.53. The summed E-state index contributed by atoms with van der Waals surface area (Å²) in [6.45, 7) is 4.49. The fraction of sp³-hybridized carbons (Fsp3) is 0.545. The maximum Gasteiger partial charge on any atom is 0.245 e. The van der Waals surface area contributed by atoms with Crippen LogP contribution < -0.4 is 9.47 Å². The third-order valence-electron chi connectivity index (χ3n) is 6.29. The highest BCUT2D eigenvalue weighted by Gasteiger charge is 2.34. The Kier molecular flexibility index (Phi) is 8.00. The standard InChI is InChI=1S/C22H28ClN7O5S/c1-13(19-24-8-16(23)9-25-19)14(2)36(31,32)11-17-28-29-20(15-6-5-7-35-10-15)30(17)18-21(33-3)26-12-27-22(18)34-4/h8-9,12-15H,5-7,10-11H2,1-4H3/t13-,14-,15+/m0/s1. The predicted molar refractivity (Wildman–Crippen MR) is 130 cm³/mol. The largest absolute Gasteiger partial charge is 0.479 e. The Morgan fingerprint density at radius 2 is 1.78 bits per heavy atom. The van der Waals surface area contributed by atoms with Gasteiger partial charge in [-0.1, -0.05) is 18.5 Å². The number of rotatable bonds is 9. The molecule has 0 spiro atoms. The summed E-state index contributed by atoms with van der Waals surface area (Å²) in [5, 5.41) is 8.24. The molecule has 3 atom stereocenters. The zero-order valence-electron chi connectivity index (χ0n) is 20.5. The van der Waals surface area contributed by atoms with E-state index in [4.69, 9.17) is 25.8 Å². The van der Waals surface area contributed by atoms with Crippen LogP contribution in [0.1, 0.15) is 56.0 Å². The van der Waals surface area contributed by atoms with E-state index in [0.717, 1.165) is 12.8 Å². The van der Waals surface area contributed by atoms with Gasteiger partial charge >= 0.3 is 0 Å². The van der Waals surface area contributed by atoms with Gasteiger partial charge in [0.1, 0.15) is 23.7 Å². The van der Waals surface area contributed by atoms with Crippen LogP contribution in [0.15, 0.2) is 18.7 Å². The maximum absolute atomic E-state index is 13.6. The topological polar surface area (TPSA) is 144 Å². The fourth-order valence-corrected chi connectivity index (χ4v) is 5.75. The van der Waals surface area contributed by atoms with Crippen LogP contribution in [0.4, 0.5) is 0 Å². The van der Waals surface area contributed by atoms with E-state index < -0.39 is 26.8 Å². The second-order valence-corrected chi connectivity index (χ2v) is 11.3. The van der Waals surface area contributed by atoms with E-state index in [-0.39, 0.29) is 23.5 Å². The molecule has 0 aliphatic carbocycles. The zero-order valence-corrected chi connectivity index (χ0v) is 22.0. The van der Waals surface area contributed by atoms with Crippen molar-refractivity contribution in [3.05, 3.63) is 41.2 Å². The summed E-state index contributed by atoms with van der Waals surface area (Å²) in [7, 11) is -0.821. The smallest absolute Gasteiger partial charge is 0.245 e. The number of aromatic nitrogens is 7. The molecular weight excluding hydrogens is 510 g/mol. The molecule has 12 nitrogen and oxygen atoms in total. The van der Waals surface area contributed by atoms with Crippen LogP contribution >= 0.6 is 11.6 Å². The number of methoxy groups -OCH3 is 2.